The number of piperidine rings is 1. The number of hydrogen-bond donors (Lipinski definition) is 1. The Morgan fingerprint density at radius 2 is 2.28 bits per heavy atom. The predicted octanol–water partition coefficient (Wildman–Crippen LogP) is 1.11. The number of rotatable bonds is 6. The molecule has 1 unspecified atom stereocenters. The molecule has 1 saturated heterocycles. The fraction of sp³-hybridized carbons (Fsp3) is 0.846. The van der Waals surface area contributed by atoms with Crippen molar-refractivity contribution in [3.8, 4) is 0 Å². The number of aromatic nitrogens is 2. The third kappa shape index (κ3) is 4.38. The van der Waals surface area contributed by atoms with E-state index in [9.17, 15) is 0 Å². The molecule has 0 radical (unpaired) electrons. The summed E-state index contributed by atoms with van der Waals surface area (Å²) >= 11 is 0. The van der Waals surface area contributed by atoms with E-state index in [0.29, 0.717) is 0 Å². The van der Waals surface area contributed by atoms with E-state index in [-0.39, 0.29) is 0 Å². The summed E-state index contributed by atoms with van der Waals surface area (Å²) in [6.07, 6.45) is 5.56. The van der Waals surface area contributed by atoms with Crippen LogP contribution in [0.4, 0.5) is 0 Å². The van der Waals surface area contributed by atoms with Gasteiger partial charge in [-0.05, 0) is 52.4 Å². The highest BCUT2D eigenvalue weighted by Gasteiger charge is 2.14. The third-order valence-corrected chi connectivity index (χ3v) is 3.46. The van der Waals surface area contributed by atoms with Crippen molar-refractivity contribution in [2.24, 2.45) is 5.92 Å². The van der Waals surface area contributed by atoms with Crippen LogP contribution >= 0.6 is 0 Å². The van der Waals surface area contributed by atoms with Gasteiger partial charge in [-0.25, -0.2) is 0 Å². The molecule has 102 valence electrons. The van der Waals surface area contributed by atoms with Gasteiger partial charge >= 0.3 is 0 Å². The highest BCUT2D eigenvalue weighted by Crippen LogP contribution is 2.16. The minimum atomic E-state index is 0.774. The molecule has 5 nitrogen and oxygen atoms in total. The summed E-state index contributed by atoms with van der Waals surface area (Å²) in [6, 6.07) is 0. The lowest BCUT2D eigenvalue weighted by atomic mass is 9.95. The summed E-state index contributed by atoms with van der Waals surface area (Å²) in [5.41, 5.74) is 0. The van der Waals surface area contributed by atoms with E-state index in [4.69, 9.17) is 4.52 Å². The van der Waals surface area contributed by atoms with Crippen LogP contribution in [0.15, 0.2) is 4.52 Å². The van der Waals surface area contributed by atoms with Crippen molar-refractivity contribution in [2.75, 3.05) is 33.7 Å². The lowest BCUT2D eigenvalue weighted by Crippen LogP contribution is -2.29. The maximum atomic E-state index is 5.29. The Morgan fingerprint density at radius 1 is 1.39 bits per heavy atom. The first-order valence-corrected chi connectivity index (χ1v) is 6.91. The Bertz CT molecular complexity index is 345. The van der Waals surface area contributed by atoms with Crippen LogP contribution in [0.3, 0.4) is 0 Å². The normalized spacial score (nSPS) is 20.5. The minimum Gasteiger partial charge on any atom is -0.339 e. The van der Waals surface area contributed by atoms with Crippen molar-refractivity contribution in [1.29, 1.82) is 0 Å². The van der Waals surface area contributed by atoms with Gasteiger partial charge in [0.05, 0.1) is 0 Å². The second-order valence-corrected chi connectivity index (χ2v) is 5.41. The second-order valence-electron chi connectivity index (χ2n) is 5.41. The number of likely N-dealkylation sites (N-methyl/N-ethyl adjacent to an activating group) is 1. The second kappa shape index (κ2) is 6.85. The first kappa shape index (κ1) is 13.5. The molecule has 1 fully saturated rings. The molecular formula is C13H24N4O. The molecule has 0 spiro atoms. The zero-order chi connectivity index (χ0) is 12.8. The fourth-order valence-electron chi connectivity index (χ4n) is 2.31. The van der Waals surface area contributed by atoms with Crippen molar-refractivity contribution in [3.63, 3.8) is 0 Å². The zero-order valence-corrected chi connectivity index (χ0v) is 11.5. The first-order valence-electron chi connectivity index (χ1n) is 6.91. The summed E-state index contributed by atoms with van der Waals surface area (Å²) in [5.74, 6) is 2.41. The Kier molecular flexibility index (Phi) is 5.13. The fourth-order valence-corrected chi connectivity index (χ4v) is 2.31. The van der Waals surface area contributed by atoms with Crippen molar-refractivity contribution >= 4 is 0 Å². The van der Waals surface area contributed by atoms with Crippen LogP contribution in [-0.4, -0.2) is 48.8 Å². The van der Waals surface area contributed by atoms with Gasteiger partial charge in [-0.2, -0.15) is 4.98 Å². The molecule has 1 aliphatic rings. The molecule has 0 saturated carbocycles. The molecule has 1 atom stereocenters. The number of nitrogens with one attached hydrogen (secondary N) is 1. The van der Waals surface area contributed by atoms with Gasteiger partial charge in [0, 0.05) is 19.4 Å². The highest BCUT2D eigenvalue weighted by molar-refractivity contribution is 4.88. The third-order valence-electron chi connectivity index (χ3n) is 3.46. The quantitative estimate of drug-likeness (QED) is 0.822. The van der Waals surface area contributed by atoms with Crippen LogP contribution in [0.25, 0.3) is 0 Å². The summed E-state index contributed by atoms with van der Waals surface area (Å²) in [4.78, 5) is 6.57. The lowest BCUT2D eigenvalue weighted by Gasteiger charge is -2.21. The van der Waals surface area contributed by atoms with Crippen LogP contribution in [0.2, 0.25) is 0 Å². The first-order chi connectivity index (χ1) is 8.74. The number of aryl methyl sites for hydroxylation is 1. The maximum absolute atomic E-state index is 5.29. The predicted molar refractivity (Wildman–Crippen MR) is 70.5 cm³/mol. The Balaban J connectivity index is 1.72. The monoisotopic (exact) mass is 252 g/mol. The molecule has 18 heavy (non-hydrogen) atoms. The Hall–Kier alpha value is -0.940. The minimum absolute atomic E-state index is 0.774. The Labute approximate surface area is 109 Å². The molecular weight excluding hydrogens is 228 g/mol. The van der Waals surface area contributed by atoms with Crippen LogP contribution in [0, 0.1) is 5.92 Å². The molecule has 1 aromatic heterocycles. The van der Waals surface area contributed by atoms with Gasteiger partial charge in [0.2, 0.25) is 5.89 Å². The average molecular weight is 252 g/mol. The molecule has 0 bridgehead atoms. The summed E-state index contributed by atoms with van der Waals surface area (Å²) in [7, 11) is 4.11. The Morgan fingerprint density at radius 3 is 3.00 bits per heavy atom. The lowest BCUT2D eigenvalue weighted by molar-refractivity contribution is 0.325. The van der Waals surface area contributed by atoms with Gasteiger partial charge in [0.25, 0.3) is 0 Å². The maximum Gasteiger partial charge on any atom is 0.226 e. The molecule has 0 aromatic carbocycles. The summed E-state index contributed by atoms with van der Waals surface area (Å²) in [5, 5.41) is 7.46. The van der Waals surface area contributed by atoms with Crippen LogP contribution in [0.1, 0.15) is 31.0 Å². The van der Waals surface area contributed by atoms with E-state index >= 15 is 0 Å². The van der Waals surface area contributed by atoms with Crippen LogP contribution in [-0.2, 0) is 12.8 Å². The van der Waals surface area contributed by atoms with E-state index in [1.807, 2.05) is 0 Å². The number of nitrogens with zero attached hydrogens (tertiary/aromatic N) is 3. The largest absolute Gasteiger partial charge is 0.339 e. The van der Waals surface area contributed by atoms with Gasteiger partial charge in [-0.1, -0.05) is 5.16 Å². The van der Waals surface area contributed by atoms with Crippen molar-refractivity contribution in [2.45, 2.75) is 32.1 Å². The van der Waals surface area contributed by atoms with Crippen molar-refractivity contribution < 1.29 is 4.52 Å². The topological polar surface area (TPSA) is 54.2 Å². The van der Waals surface area contributed by atoms with Crippen molar-refractivity contribution in [1.82, 2.24) is 20.4 Å². The van der Waals surface area contributed by atoms with Crippen LogP contribution < -0.4 is 5.32 Å². The van der Waals surface area contributed by atoms with Crippen molar-refractivity contribution in [3.05, 3.63) is 11.7 Å². The van der Waals surface area contributed by atoms with Gasteiger partial charge in [0.15, 0.2) is 5.82 Å². The van der Waals surface area contributed by atoms with Gasteiger partial charge < -0.3 is 14.7 Å². The molecule has 0 aliphatic carbocycles. The number of hydrogen-bond acceptors (Lipinski definition) is 5. The van der Waals surface area contributed by atoms with Crippen LogP contribution in [0.5, 0.6) is 0 Å². The van der Waals surface area contributed by atoms with Gasteiger partial charge in [0.1, 0.15) is 0 Å². The van der Waals surface area contributed by atoms with Gasteiger partial charge in [-0.15, -0.1) is 0 Å². The molecule has 2 heterocycles. The molecule has 0 amide bonds. The van der Waals surface area contributed by atoms with E-state index in [1.165, 1.54) is 19.4 Å². The summed E-state index contributed by atoms with van der Waals surface area (Å²) in [6.45, 7) is 3.28. The van der Waals surface area contributed by atoms with E-state index < -0.39 is 0 Å². The molecule has 2 rings (SSSR count). The molecule has 1 N–H and O–H groups in total. The summed E-state index contributed by atoms with van der Waals surface area (Å²) < 4.78 is 5.29. The molecule has 5 heteroatoms. The SMILES string of the molecule is CN(C)CCc1noc(CCC2CCCNC2)n1. The molecule has 1 aliphatic heterocycles. The smallest absolute Gasteiger partial charge is 0.226 e. The van der Waals surface area contributed by atoms with E-state index in [1.54, 1.807) is 0 Å². The molecule has 1 aromatic rings. The zero-order valence-electron chi connectivity index (χ0n) is 11.5. The van der Waals surface area contributed by atoms with E-state index in [2.05, 4.69) is 34.5 Å². The van der Waals surface area contributed by atoms with Gasteiger partial charge in [-0.3, -0.25) is 0 Å². The average Bonchev–Trinajstić information content (AvgIpc) is 2.83. The highest BCUT2D eigenvalue weighted by atomic mass is 16.5. The standard InChI is InChI=1S/C13H24N4O/c1-17(2)9-7-12-15-13(18-16-12)6-5-11-4-3-8-14-10-11/h11,14H,3-10H2,1-2H3. The van der Waals surface area contributed by atoms with E-state index in [0.717, 1.165) is 50.0 Å².